The van der Waals surface area contributed by atoms with E-state index in [2.05, 4.69) is 97.1 Å². The average molecular weight is 839 g/mol. The van der Waals surface area contributed by atoms with Gasteiger partial charge in [0, 0.05) is 48.5 Å². The number of para-hydroxylation sites is 2. The molecule has 0 saturated carbocycles. The van der Waals surface area contributed by atoms with Crippen LogP contribution in [0.3, 0.4) is 0 Å². The van der Waals surface area contributed by atoms with Gasteiger partial charge in [0.05, 0.1) is 16.9 Å². The molecule has 51 heavy (non-hydrogen) atoms. The summed E-state index contributed by atoms with van der Waals surface area (Å²) in [6.07, 6.45) is 1.85. The van der Waals surface area contributed by atoms with Crippen molar-refractivity contribution in [1.82, 2.24) is 19.5 Å². The Hall–Kier alpha value is -5.68. The van der Waals surface area contributed by atoms with Crippen molar-refractivity contribution < 1.29 is 24.5 Å². The molecule has 1 radical (unpaired) electrons. The Morgan fingerprint density at radius 2 is 1.39 bits per heavy atom. The van der Waals surface area contributed by atoms with Gasteiger partial charge in [0.25, 0.3) is 0 Å². The van der Waals surface area contributed by atoms with E-state index in [1.165, 1.54) is 11.1 Å². The Morgan fingerprint density at radius 3 is 2.16 bits per heavy atom. The number of pyridine rings is 2. The largest absolute Gasteiger partial charge is 0.501 e. The molecule has 0 aliphatic heterocycles. The number of fused-ring (bicyclic) bond motifs is 4. The molecule has 5 aromatic carbocycles. The molecule has 0 saturated heterocycles. The summed E-state index contributed by atoms with van der Waals surface area (Å²) in [5, 5.41) is 2.15. The Labute approximate surface area is 311 Å². The minimum Gasteiger partial charge on any atom is -0.501 e. The van der Waals surface area contributed by atoms with Gasteiger partial charge in [-0.3, -0.25) is 4.98 Å². The van der Waals surface area contributed by atoms with Gasteiger partial charge in [-0.15, -0.1) is 54.1 Å². The van der Waals surface area contributed by atoms with Gasteiger partial charge in [-0.1, -0.05) is 105 Å². The second-order valence-electron chi connectivity index (χ2n) is 13.2. The fourth-order valence-corrected chi connectivity index (χ4v) is 6.18. The average Bonchev–Trinajstić information content (AvgIpc) is 3.74. The van der Waals surface area contributed by atoms with Gasteiger partial charge >= 0.3 is 0 Å². The molecular weight excluding hydrogens is 805 g/mol. The number of rotatable bonds is 4. The zero-order valence-corrected chi connectivity index (χ0v) is 30.9. The molecule has 0 bridgehead atoms. The van der Waals surface area contributed by atoms with E-state index in [1.807, 2.05) is 97.2 Å². The normalized spacial score (nSPS) is 11.3. The fraction of sp³-hybridized carbons (Fsp3) is 0.0889. The van der Waals surface area contributed by atoms with Crippen LogP contribution in [0.15, 0.2) is 156 Å². The maximum atomic E-state index is 6.30. The van der Waals surface area contributed by atoms with Crippen LogP contribution in [-0.2, 0) is 25.5 Å². The molecule has 0 aliphatic rings. The van der Waals surface area contributed by atoms with Crippen LogP contribution in [0.1, 0.15) is 26.5 Å². The van der Waals surface area contributed by atoms with E-state index >= 15 is 0 Å². The summed E-state index contributed by atoms with van der Waals surface area (Å²) in [5.41, 5.74) is 10.5. The second-order valence-corrected chi connectivity index (χ2v) is 13.2. The third-order valence-corrected chi connectivity index (χ3v) is 8.72. The number of furan rings is 1. The number of nitrogens with zero attached hydrogens (tertiary/aromatic N) is 4. The zero-order chi connectivity index (χ0) is 34.1. The molecule has 0 fully saturated rings. The van der Waals surface area contributed by atoms with Crippen molar-refractivity contribution in [2.24, 2.45) is 0 Å². The molecule has 0 spiro atoms. The van der Waals surface area contributed by atoms with E-state index in [0.717, 1.165) is 67.1 Å². The molecule has 0 N–H and O–H groups in total. The predicted molar refractivity (Wildman–Crippen MR) is 203 cm³/mol. The second kappa shape index (κ2) is 14.3. The van der Waals surface area contributed by atoms with E-state index < -0.39 is 0 Å². The number of hydrogen-bond acceptors (Lipinski definition) is 4. The fourth-order valence-electron chi connectivity index (χ4n) is 6.18. The molecule has 0 atom stereocenters. The summed E-state index contributed by atoms with van der Waals surface area (Å²) < 4.78 is 8.44. The van der Waals surface area contributed by atoms with Crippen LogP contribution in [0.4, 0.5) is 0 Å². The van der Waals surface area contributed by atoms with Gasteiger partial charge in [-0.2, -0.15) is 0 Å². The number of imidazole rings is 1. The molecule has 6 heteroatoms. The molecule has 0 unspecified atom stereocenters. The first-order valence-corrected chi connectivity index (χ1v) is 16.7. The van der Waals surface area contributed by atoms with Crippen LogP contribution in [0.25, 0.3) is 72.6 Å². The minimum atomic E-state index is -0.0598. The van der Waals surface area contributed by atoms with E-state index in [1.54, 1.807) is 0 Å². The van der Waals surface area contributed by atoms with Crippen molar-refractivity contribution in [2.75, 3.05) is 0 Å². The quantitative estimate of drug-likeness (QED) is 0.166. The standard InChI is InChI=1S/C28H22N3O.C17H12N.Ir/c1-28(2,3)24-17-16-22-26(29-24)30-27(31(22)18-10-5-4-6-11-18)21-14-9-13-20-19-12-7-8-15-23(19)32-25(20)21;1-3-7-14(8-4-1)16-11-12-18-17(13-16)15-9-5-2-6-10-15;/h4-13,15-17H,1-3H3;1-9,11-13H;/q2*-1;. The molecule has 4 aromatic heterocycles. The summed E-state index contributed by atoms with van der Waals surface area (Å²) in [6, 6.07) is 55.5. The first-order valence-electron chi connectivity index (χ1n) is 16.7. The third-order valence-electron chi connectivity index (χ3n) is 8.72. The van der Waals surface area contributed by atoms with Gasteiger partial charge in [0.2, 0.25) is 0 Å². The van der Waals surface area contributed by atoms with Gasteiger partial charge in [-0.05, 0) is 53.2 Å². The minimum absolute atomic E-state index is 0. The molecule has 251 valence electrons. The molecular formula is C45H34IrN4O-2. The van der Waals surface area contributed by atoms with Crippen molar-refractivity contribution in [3.8, 4) is 39.5 Å². The maximum absolute atomic E-state index is 6.30. The van der Waals surface area contributed by atoms with Gasteiger partial charge < -0.3 is 14.0 Å². The zero-order valence-electron chi connectivity index (χ0n) is 28.5. The topological polar surface area (TPSA) is 56.7 Å². The Morgan fingerprint density at radius 1 is 0.647 bits per heavy atom. The van der Waals surface area contributed by atoms with Crippen LogP contribution >= 0.6 is 0 Å². The van der Waals surface area contributed by atoms with E-state index in [0.29, 0.717) is 0 Å². The molecule has 5 nitrogen and oxygen atoms in total. The van der Waals surface area contributed by atoms with Crippen molar-refractivity contribution in [2.45, 2.75) is 26.2 Å². The molecule has 0 aliphatic carbocycles. The van der Waals surface area contributed by atoms with Gasteiger partial charge in [-0.25, -0.2) is 4.98 Å². The van der Waals surface area contributed by atoms with Crippen LogP contribution in [0.5, 0.6) is 0 Å². The monoisotopic (exact) mass is 839 g/mol. The van der Waals surface area contributed by atoms with E-state index in [9.17, 15) is 0 Å². The van der Waals surface area contributed by atoms with Gasteiger partial charge in [0.1, 0.15) is 5.58 Å². The SMILES string of the molecule is CC(C)(C)c1ccc2c(n1)nc(-c1[c-]ccc3c1oc1ccccc13)n2-c1ccccc1.[Ir].[c-]1ccccc1-c1cc(-c2ccccc2)ccn1. The van der Waals surface area contributed by atoms with Crippen LogP contribution in [-0.4, -0.2) is 19.5 Å². The van der Waals surface area contributed by atoms with Crippen molar-refractivity contribution >= 4 is 33.1 Å². The number of aromatic nitrogens is 4. The van der Waals surface area contributed by atoms with Crippen molar-refractivity contribution in [3.63, 3.8) is 0 Å². The third kappa shape index (κ3) is 6.76. The van der Waals surface area contributed by atoms with E-state index in [-0.39, 0.29) is 25.5 Å². The first kappa shape index (κ1) is 33.8. The van der Waals surface area contributed by atoms with Crippen LogP contribution in [0.2, 0.25) is 0 Å². The molecule has 0 amide bonds. The van der Waals surface area contributed by atoms with E-state index in [4.69, 9.17) is 14.4 Å². The van der Waals surface area contributed by atoms with Crippen LogP contribution in [0, 0.1) is 12.1 Å². The van der Waals surface area contributed by atoms with Crippen LogP contribution < -0.4 is 0 Å². The van der Waals surface area contributed by atoms with Crippen molar-refractivity contribution in [1.29, 1.82) is 0 Å². The Balaban J connectivity index is 0.000000182. The summed E-state index contributed by atoms with van der Waals surface area (Å²) in [4.78, 5) is 14.3. The van der Waals surface area contributed by atoms with Crippen molar-refractivity contribution in [3.05, 3.63) is 170 Å². The molecule has 9 rings (SSSR count). The Bertz CT molecular complexity index is 2520. The summed E-state index contributed by atoms with van der Waals surface area (Å²) in [5.74, 6) is 0.773. The first-order chi connectivity index (χ1) is 24.4. The molecule has 4 heterocycles. The maximum Gasteiger partial charge on any atom is 0.168 e. The Kier molecular flexibility index (Phi) is 9.46. The predicted octanol–water partition coefficient (Wildman–Crippen LogP) is 11.3. The summed E-state index contributed by atoms with van der Waals surface area (Å²) in [7, 11) is 0. The number of benzene rings is 5. The molecule has 9 aromatic rings. The summed E-state index contributed by atoms with van der Waals surface area (Å²) in [6.45, 7) is 6.50. The smallest absolute Gasteiger partial charge is 0.168 e. The number of hydrogen-bond donors (Lipinski definition) is 0. The van der Waals surface area contributed by atoms with Gasteiger partial charge in [0.15, 0.2) is 5.65 Å². The summed E-state index contributed by atoms with van der Waals surface area (Å²) >= 11 is 0.